The summed E-state index contributed by atoms with van der Waals surface area (Å²) in [6, 6.07) is 9.20. The fourth-order valence-electron chi connectivity index (χ4n) is 5.77. The average molecular weight is 617 g/mol. The van der Waals surface area contributed by atoms with E-state index in [2.05, 4.69) is 79.4 Å². The monoisotopic (exact) mass is 616 g/mol. The fraction of sp³-hybridized carbons (Fsp3) is 0.559. The van der Waals surface area contributed by atoms with Gasteiger partial charge >= 0.3 is 0 Å². The molecule has 11 heteroatoms. The zero-order valence-corrected chi connectivity index (χ0v) is 28.2. The molecule has 2 atom stereocenters. The summed E-state index contributed by atoms with van der Waals surface area (Å²) in [6.07, 6.45) is 5.98. The summed E-state index contributed by atoms with van der Waals surface area (Å²) in [4.78, 5) is 39.0. The number of aromatic nitrogens is 5. The molecule has 1 aliphatic heterocycles. The first kappa shape index (κ1) is 33.7. The van der Waals surface area contributed by atoms with Crippen LogP contribution in [0.3, 0.4) is 0 Å². The Bertz CT molecular complexity index is 1500. The van der Waals surface area contributed by atoms with Crippen molar-refractivity contribution in [1.29, 1.82) is 0 Å². The number of H-pyrrole nitrogens is 1. The first-order valence-electron chi connectivity index (χ1n) is 15.7. The summed E-state index contributed by atoms with van der Waals surface area (Å²) >= 11 is 0. The lowest BCUT2D eigenvalue weighted by atomic mass is 9.84. The van der Waals surface area contributed by atoms with Gasteiger partial charge in [-0.15, -0.1) is 10.2 Å². The highest BCUT2D eigenvalue weighted by molar-refractivity contribution is 6.46. The molecule has 0 spiro atoms. The Kier molecular flexibility index (Phi) is 10.1. The predicted octanol–water partition coefficient (Wildman–Crippen LogP) is 5.97. The van der Waals surface area contributed by atoms with Crippen LogP contribution < -0.4 is 10.1 Å². The Morgan fingerprint density at radius 2 is 1.78 bits per heavy atom. The highest BCUT2D eigenvalue weighted by Gasteiger charge is 2.47. The lowest BCUT2D eigenvalue weighted by Crippen LogP contribution is -2.47. The van der Waals surface area contributed by atoms with Gasteiger partial charge in [0.05, 0.1) is 19.7 Å². The van der Waals surface area contributed by atoms with Crippen LogP contribution in [-0.4, -0.2) is 60.8 Å². The van der Waals surface area contributed by atoms with Crippen molar-refractivity contribution in [2.24, 2.45) is 15.8 Å². The van der Waals surface area contributed by atoms with Crippen molar-refractivity contribution >= 4 is 17.5 Å². The van der Waals surface area contributed by atoms with Gasteiger partial charge in [-0.25, -0.2) is 4.98 Å². The maximum atomic E-state index is 14.5. The number of pyridine rings is 1. The minimum atomic E-state index is -0.755. The first-order valence-corrected chi connectivity index (χ1v) is 15.7. The number of rotatable bonds is 12. The molecule has 2 unspecified atom stereocenters. The summed E-state index contributed by atoms with van der Waals surface area (Å²) in [5.41, 5.74) is 2.89. The van der Waals surface area contributed by atoms with Crippen LogP contribution in [0.5, 0.6) is 5.88 Å². The van der Waals surface area contributed by atoms with Crippen molar-refractivity contribution in [3.05, 3.63) is 64.6 Å². The molecular weight excluding hydrogens is 568 g/mol. The number of hydrogen-bond donors (Lipinski definition) is 2. The van der Waals surface area contributed by atoms with E-state index < -0.39 is 5.66 Å². The van der Waals surface area contributed by atoms with Crippen molar-refractivity contribution in [3.63, 3.8) is 0 Å². The number of carbonyl (C=O) groups excluding carboxylic acids is 2. The van der Waals surface area contributed by atoms with E-state index in [-0.39, 0.29) is 35.2 Å². The maximum absolute atomic E-state index is 14.5. The first-order chi connectivity index (χ1) is 21.1. The Morgan fingerprint density at radius 3 is 2.36 bits per heavy atom. The van der Waals surface area contributed by atoms with Gasteiger partial charge in [-0.2, -0.15) is 5.21 Å². The summed E-state index contributed by atoms with van der Waals surface area (Å²) in [7, 11) is 1.59. The number of aryl methyl sites for hydroxylation is 1. The van der Waals surface area contributed by atoms with Crippen LogP contribution in [0.4, 0.5) is 0 Å². The molecule has 0 radical (unpaired) electrons. The number of carbonyl (C=O) groups is 2. The lowest BCUT2D eigenvalue weighted by molar-refractivity contribution is -0.131. The molecule has 2 aromatic heterocycles. The SMILES string of the molecule is COc1ncc(C2=NC(C)(CCCC(C)(C)C)N(C(CCC(C)(C)C)c3ccc(C(=O)NCc4nn[nH]n4)cc3)C2=O)cc1C. The van der Waals surface area contributed by atoms with Gasteiger partial charge in [0.2, 0.25) is 5.88 Å². The summed E-state index contributed by atoms with van der Waals surface area (Å²) in [5, 5.41) is 16.5. The van der Waals surface area contributed by atoms with Crippen LogP contribution in [0.25, 0.3) is 0 Å². The van der Waals surface area contributed by atoms with Crippen LogP contribution in [0.2, 0.25) is 0 Å². The molecule has 1 aliphatic rings. The Labute approximate surface area is 266 Å². The highest BCUT2D eigenvalue weighted by atomic mass is 16.5. The second-order valence-electron chi connectivity index (χ2n) is 14.6. The quantitative estimate of drug-likeness (QED) is 0.256. The molecule has 0 saturated heterocycles. The number of aromatic amines is 1. The Balaban J connectivity index is 1.70. The molecule has 0 saturated carbocycles. The van der Waals surface area contributed by atoms with Gasteiger partial charge in [-0.1, -0.05) is 58.9 Å². The molecule has 242 valence electrons. The van der Waals surface area contributed by atoms with Crippen molar-refractivity contribution in [3.8, 4) is 5.88 Å². The third-order valence-corrected chi connectivity index (χ3v) is 8.20. The van der Waals surface area contributed by atoms with E-state index in [1.807, 2.05) is 30.0 Å². The number of tetrazole rings is 1. The van der Waals surface area contributed by atoms with E-state index in [0.717, 1.165) is 43.2 Å². The topological polar surface area (TPSA) is 138 Å². The molecule has 11 nitrogen and oxygen atoms in total. The number of nitrogens with zero attached hydrogens (tertiary/aromatic N) is 6. The van der Waals surface area contributed by atoms with Gasteiger partial charge < -0.3 is 15.0 Å². The summed E-state index contributed by atoms with van der Waals surface area (Å²) in [6.45, 7) is 17.5. The third kappa shape index (κ3) is 8.52. The normalized spacial score (nSPS) is 17.8. The van der Waals surface area contributed by atoms with Crippen molar-refractivity contribution in [1.82, 2.24) is 35.8 Å². The fourth-order valence-corrected chi connectivity index (χ4v) is 5.77. The van der Waals surface area contributed by atoms with Gasteiger partial charge in [-0.05, 0) is 80.5 Å². The van der Waals surface area contributed by atoms with E-state index in [1.165, 1.54) is 0 Å². The van der Waals surface area contributed by atoms with Gasteiger partial charge in [0, 0.05) is 22.9 Å². The molecule has 3 aromatic rings. The smallest absolute Gasteiger partial charge is 0.275 e. The highest BCUT2D eigenvalue weighted by Crippen LogP contribution is 2.42. The second-order valence-corrected chi connectivity index (χ2v) is 14.6. The zero-order chi connectivity index (χ0) is 33.0. The number of ether oxygens (including phenoxy) is 1. The molecule has 3 heterocycles. The van der Waals surface area contributed by atoms with Gasteiger partial charge in [0.15, 0.2) is 5.82 Å². The molecule has 2 amide bonds. The minimum absolute atomic E-state index is 0.0549. The van der Waals surface area contributed by atoms with Crippen LogP contribution >= 0.6 is 0 Å². The van der Waals surface area contributed by atoms with Crippen LogP contribution in [0.15, 0.2) is 41.5 Å². The number of aliphatic imine (C=N–C) groups is 1. The summed E-state index contributed by atoms with van der Waals surface area (Å²) < 4.78 is 5.37. The second kappa shape index (κ2) is 13.5. The molecule has 0 fully saturated rings. The number of benzene rings is 1. The molecule has 4 rings (SSSR count). The number of methoxy groups -OCH3 is 1. The summed E-state index contributed by atoms with van der Waals surface area (Å²) in [5.74, 6) is 0.577. The van der Waals surface area contributed by atoms with E-state index in [1.54, 1.807) is 25.4 Å². The Morgan fingerprint density at radius 1 is 1.09 bits per heavy atom. The van der Waals surface area contributed by atoms with E-state index >= 15 is 0 Å². The van der Waals surface area contributed by atoms with E-state index in [0.29, 0.717) is 28.5 Å². The van der Waals surface area contributed by atoms with Crippen molar-refractivity contribution in [2.45, 2.75) is 106 Å². The number of hydrogen-bond acceptors (Lipinski definition) is 8. The molecule has 1 aromatic carbocycles. The number of amides is 2. The Hall–Kier alpha value is -4.15. The van der Waals surface area contributed by atoms with Crippen LogP contribution in [0.1, 0.15) is 119 Å². The molecule has 0 aliphatic carbocycles. The van der Waals surface area contributed by atoms with Crippen LogP contribution in [-0.2, 0) is 11.3 Å². The molecule has 45 heavy (non-hydrogen) atoms. The minimum Gasteiger partial charge on any atom is -0.481 e. The van der Waals surface area contributed by atoms with Gasteiger partial charge in [-0.3, -0.25) is 14.6 Å². The van der Waals surface area contributed by atoms with Gasteiger partial charge in [0.1, 0.15) is 11.4 Å². The molecular formula is C34H48N8O3. The standard InChI is InChI=1S/C34H48N8O3/c1-22-19-25(20-36-30(22)45-9)28-31(44)42(34(8,37-28)17-10-16-32(2,3)4)26(15-18-33(5,6)7)23-11-13-24(14-12-23)29(43)35-21-27-38-40-41-39-27/h11-14,19-20,26H,10,15-18,21H2,1-9H3,(H,35,43)(H,38,39,40,41). The molecule has 0 bridgehead atoms. The average Bonchev–Trinajstić information content (AvgIpc) is 3.57. The largest absolute Gasteiger partial charge is 0.481 e. The predicted molar refractivity (Wildman–Crippen MR) is 174 cm³/mol. The lowest BCUT2D eigenvalue weighted by Gasteiger charge is -2.41. The number of nitrogens with one attached hydrogen (secondary N) is 2. The maximum Gasteiger partial charge on any atom is 0.275 e. The van der Waals surface area contributed by atoms with E-state index in [4.69, 9.17) is 9.73 Å². The van der Waals surface area contributed by atoms with Crippen molar-refractivity contribution < 1.29 is 14.3 Å². The van der Waals surface area contributed by atoms with Crippen molar-refractivity contribution in [2.75, 3.05) is 7.11 Å². The van der Waals surface area contributed by atoms with Gasteiger partial charge in [0.25, 0.3) is 11.8 Å². The van der Waals surface area contributed by atoms with E-state index in [9.17, 15) is 9.59 Å². The zero-order valence-electron chi connectivity index (χ0n) is 28.2. The third-order valence-electron chi connectivity index (χ3n) is 8.20. The molecule has 2 N–H and O–H groups in total. The van der Waals surface area contributed by atoms with Crippen LogP contribution in [0, 0.1) is 17.8 Å².